The SMILES string of the molecule is COCCCCNC(C)c1ccc2c(c1)OCCO2. The van der Waals surface area contributed by atoms with E-state index in [1.807, 2.05) is 6.07 Å². The third-order valence-electron chi connectivity index (χ3n) is 3.29. The second-order valence-corrected chi connectivity index (χ2v) is 4.78. The lowest BCUT2D eigenvalue weighted by Gasteiger charge is -2.21. The molecule has 0 spiro atoms. The first-order valence-electron chi connectivity index (χ1n) is 6.93. The van der Waals surface area contributed by atoms with Crippen molar-refractivity contribution in [2.45, 2.75) is 25.8 Å². The van der Waals surface area contributed by atoms with Crippen LogP contribution >= 0.6 is 0 Å². The molecule has 19 heavy (non-hydrogen) atoms. The minimum atomic E-state index is 0.318. The molecule has 0 aromatic heterocycles. The summed E-state index contributed by atoms with van der Waals surface area (Å²) in [7, 11) is 1.74. The first-order valence-corrected chi connectivity index (χ1v) is 6.93. The van der Waals surface area contributed by atoms with E-state index in [9.17, 15) is 0 Å². The van der Waals surface area contributed by atoms with E-state index in [4.69, 9.17) is 14.2 Å². The Balaban J connectivity index is 1.83. The molecular formula is C15H23NO3. The highest BCUT2D eigenvalue weighted by Gasteiger charge is 2.13. The molecule has 4 nitrogen and oxygen atoms in total. The number of unbranched alkanes of at least 4 members (excludes halogenated alkanes) is 1. The van der Waals surface area contributed by atoms with Crippen LogP contribution in [0.15, 0.2) is 18.2 Å². The molecule has 2 rings (SSSR count). The summed E-state index contributed by atoms with van der Waals surface area (Å²) >= 11 is 0. The van der Waals surface area contributed by atoms with Crippen molar-refractivity contribution in [2.24, 2.45) is 0 Å². The van der Waals surface area contributed by atoms with E-state index >= 15 is 0 Å². The molecule has 1 aromatic carbocycles. The fourth-order valence-electron chi connectivity index (χ4n) is 2.14. The molecule has 0 amide bonds. The highest BCUT2D eigenvalue weighted by atomic mass is 16.6. The monoisotopic (exact) mass is 265 g/mol. The molecule has 1 N–H and O–H groups in total. The van der Waals surface area contributed by atoms with E-state index in [0.29, 0.717) is 19.3 Å². The van der Waals surface area contributed by atoms with Crippen LogP contribution in [-0.4, -0.2) is 33.5 Å². The third-order valence-corrected chi connectivity index (χ3v) is 3.29. The van der Waals surface area contributed by atoms with Gasteiger partial charge in [-0.25, -0.2) is 0 Å². The Kier molecular flexibility index (Phi) is 5.48. The maximum Gasteiger partial charge on any atom is 0.161 e. The summed E-state index contributed by atoms with van der Waals surface area (Å²) in [5.41, 5.74) is 1.23. The van der Waals surface area contributed by atoms with Gasteiger partial charge in [-0.15, -0.1) is 0 Å². The minimum absolute atomic E-state index is 0.318. The molecule has 1 heterocycles. The lowest BCUT2D eigenvalue weighted by atomic mass is 10.1. The third kappa shape index (κ3) is 4.11. The number of ether oxygens (including phenoxy) is 3. The van der Waals surface area contributed by atoms with Crippen LogP contribution in [0.5, 0.6) is 11.5 Å². The highest BCUT2D eigenvalue weighted by Crippen LogP contribution is 2.32. The number of hydrogen-bond acceptors (Lipinski definition) is 4. The summed E-state index contributed by atoms with van der Waals surface area (Å²) in [6.07, 6.45) is 2.22. The maximum absolute atomic E-state index is 5.60. The van der Waals surface area contributed by atoms with Crippen LogP contribution in [-0.2, 0) is 4.74 Å². The van der Waals surface area contributed by atoms with Gasteiger partial charge in [-0.3, -0.25) is 0 Å². The van der Waals surface area contributed by atoms with Gasteiger partial charge in [-0.2, -0.15) is 0 Å². The Hall–Kier alpha value is -1.26. The molecule has 0 bridgehead atoms. The fraction of sp³-hybridized carbons (Fsp3) is 0.600. The predicted octanol–water partition coefficient (Wildman–Crippen LogP) is 2.54. The second kappa shape index (κ2) is 7.36. The Morgan fingerprint density at radius 1 is 1.21 bits per heavy atom. The van der Waals surface area contributed by atoms with Gasteiger partial charge in [-0.05, 0) is 44.0 Å². The average molecular weight is 265 g/mol. The molecular weight excluding hydrogens is 242 g/mol. The average Bonchev–Trinajstić information content (AvgIpc) is 2.46. The van der Waals surface area contributed by atoms with Gasteiger partial charge in [0.25, 0.3) is 0 Å². The Bertz CT molecular complexity index is 395. The topological polar surface area (TPSA) is 39.7 Å². The lowest BCUT2D eigenvalue weighted by molar-refractivity contribution is 0.171. The molecule has 0 fully saturated rings. The van der Waals surface area contributed by atoms with Crippen molar-refractivity contribution in [1.82, 2.24) is 5.32 Å². The molecule has 1 aliphatic rings. The Morgan fingerprint density at radius 3 is 2.79 bits per heavy atom. The summed E-state index contributed by atoms with van der Waals surface area (Å²) in [6, 6.07) is 6.48. The zero-order valence-corrected chi connectivity index (χ0v) is 11.8. The Morgan fingerprint density at radius 2 is 2.00 bits per heavy atom. The van der Waals surface area contributed by atoms with Gasteiger partial charge in [0.1, 0.15) is 13.2 Å². The second-order valence-electron chi connectivity index (χ2n) is 4.78. The van der Waals surface area contributed by atoms with Crippen molar-refractivity contribution in [3.8, 4) is 11.5 Å². The molecule has 106 valence electrons. The number of nitrogens with one attached hydrogen (secondary N) is 1. The first-order chi connectivity index (χ1) is 9.31. The first kappa shape index (κ1) is 14.2. The number of hydrogen-bond donors (Lipinski definition) is 1. The van der Waals surface area contributed by atoms with Crippen LogP contribution in [0.25, 0.3) is 0 Å². The van der Waals surface area contributed by atoms with Crippen molar-refractivity contribution < 1.29 is 14.2 Å². The van der Waals surface area contributed by atoms with Crippen molar-refractivity contribution in [3.63, 3.8) is 0 Å². The van der Waals surface area contributed by atoms with Gasteiger partial charge >= 0.3 is 0 Å². The van der Waals surface area contributed by atoms with Gasteiger partial charge in [0, 0.05) is 19.8 Å². The van der Waals surface area contributed by atoms with Gasteiger partial charge in [0.2, 0.25) is 0 Å². The van der Waals surface area contributed by atoms with E-state index in [0.717, 1.165) is 37.5 Å². The molecule has 0 saturated heterocycles. The molecule has 1 atom stereocenters. The van der Waals surface area contributed by atoms with Crippen LogP contribution in [0.1, 0.15) is 31.4 Å². The largest absolute Gasteiger partial charge is 0.486 e. The summed E-state index contributed by atoms with van der Waals surface area (Å²) in [4.78, 5) is 0. The normalized spacial score (nSPS) is 15.3. The summed E-state index contributed by atoms with van der Waals surface area (Å²) in [5.74, 6) is 1.71. The standard InChI is InChI=1S/C15H23NO3/c1-12(16-7-3-4-8-17-2)13-5-6-14-15(11-13)19-10-9-18-14/h5-6,11-12,16H,3-4,7-10H2,1-2H3. The zero-order chi connectivity index (χ0) is 13.5. The van der Waals surface area contributed by atoms with Crippen molar-refractivity contribution in [2.75, 3.05) is 33.5 Å². The summed E-state index contributed by atoms with van der Waals surface area (Å²) in [6.45, 7) is 5.27. The van der Waals surface area contributed by atoms with Crippen LogP contribution in [0.2, 0.25) is 0 Å². The van der Waals surface area contributed by atoms with Gasteiger partial charge in [0.05, 0.1) is 0 Å². The van der Waals surface area contributed by atoms with E-state index in [1.54, 1.807) is 7.11 Å². The summed E-state index contributed by atoms with van der Waals surface area (Å²) in [5, 5.41) is 3.51. The van der Waals surface area contributed by atoms with Crippen LogP contribution in [0.3, 0.4) is 0 Å². The van der Waals surface area contributed by atoms with Gasteiger partial charge in [0.15, 0.2) is 11.5 Å². The quantitative estimate of drug-likeness (QED) is 0.769. The van der Waals surface area contributed by atoms with Crippen molar-refractivity contribution in [3.05, 3.63) is 23.8 Å². The molecule has 1 aromatic rings. The molecule has 0 saturated carbocycles. The summed E-state index contributed by atoms with van der Waals surface area (Å²) < 4.78 is 16.2. The Labute approximate surface area is 115 Å². The lowest BCUT2D eigenvalue weighted by Crippen LogP contribution is -2.21. The van der Waals surface area contributed by atoms with E-state index < -0.39 is 0 Å². The van der Waals surface area contributed by atoms with Gasteiger partial charge < -0.3 is 19.5 Å². The maximum atomic E-state index is 5.60. The van der Waals surface area contributed by atoms with Crippen molar-refractivity contribution >= 4 is 0 Å². The molecule has 0 radical (unpaired) electrons. The number of benzene rings is 1. The molecule has 1 unspecified atom stereocenters. The number of fused-ring (bicyclic) bond motifs is 1. The molecule has 4 heteroatoms. The smallest absolute Gasteiger partial charge is 0.161 e. The number of rotatable bonds is 7. The van der Waals surface area contributed by atoms with Crippen LogP contribution in [0, 0.1) is 0 Å². The van der Waals surface area contributed by atoms with Crippen LogP contribution in [0.4, 0.5) is 0 Å². The van der Waals surface area contributed by atoms with E-state index in [1.165, 1.54) is 5.56 Å². The zero-order valence-electron chi connectivity index (χ0n) is 11.8. The van der Waals surface area contributed by atoms with E-state index in [-0.39, 0.29) is 0 Å². The van der Waals surface area contributed by atoms with E-state index in [2.05, 4.69) is 24.4 Å². The van der Waals surface area contributed by atoms with Crippen LogP contribution < -0.4 is 14.8 Å². The highest BCUT2D eigenvalue weighted by molar-refractivity contribution is 5.44. The number of methoxy groups -OCH3 is 1. The molecule has 0 aliphatic carbocycles. The van der Waals surface area contributed by atoms with Gasteiger partial charge in [-0.1, -0.05) is 6.07 Å². The molecule has 1 aliphatic heterocycles. The van der Waals surface area contributed by atoms with Crippen molar-refractivity contribution in [1.29, 1.82) is 0 Å². The fourth-order valence-corrected chi connectivity index (χ4v) is 2.14. The minimum Gasteiger partial charge on any atom is -0.486 e. The predicted molar refractivity (Wildman–Crippen MR) is 75.0 cm³/mol.